The van der Waals surface area contributed by atoms with Crippen molar-refractivity contribution in [3.05, 3.63) is 99.2 Å². The first-order valence-electron chi connectivity index (χ1n) is 24.4. The first-order valence-corrected chi connectivity index (χ1v) is 24.4. The molecule has 1 heterocycles. The van der Waals surface area contributed by atoms with E-state index in [2.05, 4.69) is 52.5 Å². The zero-order valence-electron chi connectivity index (χ0n) is 40.6. The van der Waals surface area contributed by atoms with Gasteiger partial charge in [0.1, 0.15) is 29.5 Å². The van der Waals surface area contributed by atoms with E-state index in [0.29, 0.717) is 36.0 Å². The Hall–Kier alpha value is -4.55. The van der Waals surface area contributed by atoms with Crippen LogP contribution < -0.4 is 10.5 Å². The zero-order valence-corrected chi connectivity index (χ0v) is 40.6. The maximum absolute atomic E-state index is 13.6. The van der Waals surface area contributed by atoms with Crippen molar-refractivity contribution in [3.8, 4) is 17.2 Å². The van der Waals surface area contributed by atoms with Gasteiger partial charge in [0, 0.05) is 48.4 Å². The molecule has 1 saturated heterocycles. The highest BCUT2D eigenvalue weighted by Crippen LogP contribution is 2.60. The average molecular weight is 958 g/mol. The Morgan fingerprint density at radius 2 is 1.72 bits per heavy atom. The number of carbonyl (C=O) groups is 3. The molecule has 2 aromatic carbocycles. The molecule has 5 aliphatic carbocycles. The van der Waals surface area contributed by atoms with Crippen LogP contribution in [0.5, 0.6) is 17.2 Å². The summed E-state index contributed by atoms with van der Waals surface area (Å²) >= 11 is 0. The van der Waals surface area contributed by atoms with Crippen molar-refractivity contribution in [3.63, 3.8) is 0 Å². The second-order valence-corrected chi connectivity index (χ2v) is 20.8. The minimum Gasteiger partial charge on any atom is -0.507 e. The van der Waals surface area contributed by atoms with Gasteiger partial charge in [0.2, 0.25) is 5.78 Å². The van der Waals surface area contributed by atoms with Gasteiger partial charge in [-0.1, -0.05) is 76.3 Å². The molecule has 6 aliphatic rings. The fourth-order valence-electron chi connectivity index (χ4n) is 12.0. The van der Waals surface area contributed by atoms with E-state index >= 15 is 0 Å². The average Bonchev–Trinajstić information content (AvgIpc) is 3.67. The van der Waals surface area contributed by atoms with Gasteiger partial charge in [0.25, 0.3) is 0 Å². The topological polar surface area (TPSA) is 267 Å². The number of hydrogen-bond donors (Lipinski definition) is 9. The number of carbonyl (C=O) groups excluding carboxylic acids is 3. The minimum atomic E-state index is -2.24. The SMILES string of the molecule is C=C1/C(=C\C=C2/CCC[C@]3(C)[C@@H]([C@H](C)/C=C/[C@H](O)C(C)C)CC[C@@H]23)C[C@@H](O)C[C@@H]1O.COc1cccc2c1C(=O)c1c(O)c3c(c(O)c1C2=O)C[C@@](O)(C(=O)CO)C[C@@H]3O[C@H]1C[C@H](N)[C@H](O)[C@H](C)O1. The monoisotopic (exact) mass is 957 g/mol. The molecule has 1 aliphatic heterocycles. The van der Waals surface area contributed by atoms with Crippen LogP contribution >= 0.6 is 0 Å². The van der Waals surface area contributed by atoms with E-state index in [0.717, 1.165) is 17.6 Å². The maximum Gasteiger partial charge on any atom is 0.202 e. The van der Waals surface area contributed by atoms with Gasteiger partial charge in [0.05, 0.1) is 60.4 Å². The van der Waals surface area contributed by atoms with Crippen molar-refractivity contribution in [1.29, 1.82) is 0 Å². The third-order valence-electron chi connectivity index (χ3n) is 16.0. The molecule has 376 valence electrons. The van der Waals surface area contributed by atoms with Crippen molar-refractivity contribution in [2.45, 2.75) is 153 Å². The standard InChI is InChI=1S/C27H29NO11.C27H42O3/c1-10-22(31)13(28)6-17(38-10)39-15-8-27(36,16(30)9-29)7-12-19(15)26(35)21-20(24(12)33)23(32)11-4-3-5-14(37-2)18(11)25(21)34;1-17(2)25(29)13-8-18(3)23-11-12-24-20(7-6-14-27(23,24)5)9-10-21-15-22(28)16-26(30)19(21)4/h3-5,10,13,15,17,22,29,31,33,35-36H,6-9,28H2,1-2H3;8-10,13,17-18,22-26,28-30H,4,6-7,11-12,14-16H2,1-3,5H3/b;13-8+,20-9+,21-10-/t10-,13-,15-,17-,22+,27-;18-,22-,23-,24+,25+,26+,27-/m01/s1. The summed E-state index contributed by atoms with van der Waals surface area (Å²) in [5.41, 5.74) is 5.97. The molecule has 15 nitrogen and oxygen atoms in total. The van der Waals surface area contributed by atoms with Gasteiger partial charge in [-0.3, -0.25) is 14.4 Å². The molecule has 0 radical (unpaired) electrons. The smallest absolute Gasteiger partial charge is 0.202 e. The molecule has 10 N–H and O–H groups in total. The van der Waals surface area contributed by atoms with Crippen molar-refractivity contribution in [1.82, 2.24) is 0 Å². The van der Waals surface area contributed by atoms with Crippen LogP contribution in [0.25, 0.3) is 0 Å². The number of allylic oxidation sites excluding steroid dienone is 4. The van der Waals surface area contributed by atoms with Gasteiger partial charge >= 0.3 is 0 Å². The second kappa shape index (κ2) is 20.7. The van der Waals surface area contributed by atoms with E-state index in [1.54, 1.807) is 6.92 Å². The molecule has 69 heavy (non-hydrogen) atoms. The van der Waals surface area contributed by atoms with Gasteiger partial charge in [-0.2, -0.15) is 0 Å². The lowest BCUT2D eigenvalue weighted by Crippen LogP contribution is -2.53. The number of Topliss-reactive ketones (excluding diaryl/α,β-unsaturated/α-hetero) is 1. The molecule has 4 fully saturated rings. The number of nitrogens with two attached hydrogens (primary N) is 1. The molecule has 0 unspecified atom stereocenters. The summed E-state index contributed by atoms with van der Waals surface area (Å²) in [5, 5.41) is 84.0. The van der Waals surface area contributed by atoms with Crippen LogP contribution in [0.1, 0.15) is 141 Å². The third-order valence-corrected chi connectivity index (χ3v) is 16.0. The number of aliphatic hydroxyl groups excluding tert-OH is 5. The number of benzene rings is 2. The number of fused-ring (bicyclic) bond motifs is 4. The summed E-state index contributed by atoms with van der Waals surface area (Å²) in [5.74, 6) is -1.81. The Morgan fingerprint density at radius 3 is 2.39 bits per heavy atom. The van der Waals surface area contributed by atoms with E-state index in [1.165, 1.54) is 56.6 Å². The largest absolute Gasteiger partial charge is 0.507 e. The fourth-order valence-corrected chi connectivity index (χ4v) is 12.0. The highest BCUT2D eigenvalue weighted by molar-refractivity contribution is 6.31. The molecular weight excluding hydrogens is 887 g/mol. The Labute approximate surface area is 404 Å². The van der Waals surface area contributed by atoms with Gasteiger partial charge < -0.3 is 60.8 Å². The number of rotatable bonds is 10. The van der Waals surface area contributed by atoms with Crippen LogP contribution in [0.4, 0.5) is 0 Å². The van der Waals surface area contributed by atoms with E-state index in [1.807, 2.05) is 6.08 Å². The van der Waals surface area contributed by atoms with Crippen molar-refractivity contribution in [2.75, 3.05) is 13.7 Å². The maximum atomic E-state index is 13.6. The summed E-state index contributed by atoms with van der Waals surface area (Å²) in [4.78, 5) is 39.7. The van der Waals surface area contributed by atoms with Crippen LogP contribution in [-0.2, 0) is 20.7 Å². The Morgan fingerprint density at radius 1 is 1.01 bits per heavy atom. The number of hydrogen-bond acceptors (Lipinski definition) is 15. The molecule has 0 amide bonds. The summed E-state index contributed by atoms with van der Waals surface area (Å²) in [7, 11) is 1.32. The first-order chi connectivity index (χ1) is 32.6. The second-order valence-electron chi connectivity index (χ2n) is 20.8. The highest BCUT2D eigenvalue weighted by Gasteiger charge is 2.52. The van der Waals surface area contributed by atoms with Crippen LogP contribution in [0, 0.1) is 29.1 Å². The third kappa shape index (κ3) is 9.92. The van der Waals surface area contributed by atoms with Crippen molar-refractivity contribution < 1.29 is 69.4 Å². The number of ether oxygens (including phenoxy) is 3. The highest BCUT2D eigenvalue weighted by atomic mass is 16.7. The molecule has 15 heteroatoms. The van der Waals surface area contributed by atoms with Gasteiger partial charge in [-0.05, 0) is 91.7 Å². The summed E-state index contributed by atoms with van der Waals surface area (Å²) in [6, 6.07) is 3.64. The number of ketones is 3. The fraction of sp³-hybridized carbons (Fsp3) is 0.574. The Kier molecular flexibility index (Phi) is 15.7. The van der Waals surface area contributed by atoms with E-state index < -0.39 is 108 Å². The molecule has 3 saturated carbocycles. The summed E-state index contributed by atoms with van der Waals surface area (Å²) in [6.07, 6.45) is 9.14. The molecular formula is C54H71NO14. The first kappa shape index (κ1) is 52.3. The zero-order chi connectivity index (χ0) is 50.4. The number of phenolic OH excluding ortho intramolecular Hbond substituents is 2. The quantitative estimate of drug-likeness (QED) is 0.0918. The number of aliphatic hydroxyl groups is 6. The van der Waals surface area contributed by atoms with E-state index in [-0.39, 0.29) is 46.4 Å². The van der Waals surface area contributed by atoms with E-state index in [4.69, 9.17) is 19.9 Å². The number of methoxy groups -OCH3 is 1. The minimum absolute atomic E-state index is 0.0173. The Bertz CT molecular complexity index is 2410. The lowest BCUT2D eigenvalue weighted by atomic mass is 9.61. The number of phenols is 2. The van der Waals surface area contributed by atoms with Gasteiger partial charge in [-0.25, -0.2) is 0 Å². The molecule has 13 atom stereocenters. The van der Waals surface area contributed by atoms with Crippen molar-refractivity contribution >= 4 is 17.3 Å². The van der Waals surface area contributed by atoms with Crippen LogP contribution in [0.15, 0.2) is 65.8 Å². The summed E-state index contributed by atoms with van der Waals surface area (Å²) < 4.78 is 17.0. The van der Waals surface area contributed by atoms with Crippen LogP contribution in [0.3, 0.4) is 0 Å². The van der Waals surface area contributed by atoms with Gasteiger partial charge in [-0.15, -0.1) is 0 Å². The molecule has 2 aromatic rings. The molecule has 8 rings (SSSR count). The predicted molar refractivity (Wildman–Crippen MR) is 256 cm³/mol. The van der Waals surface area contributed by atoms with Gasteiger partial charge in [0.15, 0.2) is 17.9 Å². The number of aromatic hydroxyl groups is 2. The summed E-state index contributed by atoms with van der Waals surface area (Å²) in [6.45, 7) is 13.5. The van der Waals surface area contributed by atoms with Crippen LogP contribution in [-0.4, -0.2) is 120 Å². The normalized spacial score (nSPS) is 34.2. The van der Waals surface area contributed by atoms with Crippen molar-refractivity contribution in [2.24, 2.45) is 34.8 Å². The Balaban J connectivity index is 0.000000211. The lowest BCUT2D eigenvalue weighted by molar-refractivity contribution is -0.247. The lowest BCUT2D eigenvalue weighted by Gasteiger charge is -2.44. The molecule has 0 bridgehead atoms. The van der Waals surface area contributed by atoms with E-state index in [9.17, 15) is 55.2 Å². The predicted octanol–water partition coefficient (Wildman–Crippen LogP) is 5.34. The molecule has 0 aromatic heterocycles. The molecule has 0 spiro atoms. The van der Waals surface area contributed by atoms with Crippen LogP contribution in [0.2, 0.25) is 0 Å².